The van der Waals surface area contributed by atoms with E-state index in [4.69, 9.17) is 4.98 Å². The van der Waals surface area contributed by atoms with E-state index in [1.807, 2.05) is 4.52 Å². The van der Waals surface area contributed by atoms with Crippen molar-refractivity contribution in [2.45, 2.75) is 33.1 Å². The molecule has 1 aliphatic rings. The Labute approximate surface area is 164 Å². The van der Waals surface area contributed by atoms with Gasteiger partial charge in [-0.25, -0.2) is 4.98 Å². The molecule has 4 heteroatoms. The van der Waals surface area contributed by atoms with Gasteiger partial charge in [-0.2, -0.15) is 14.6 Å². The van der Waals surface area contributed by atoms with Gasteiger partial charge in [0.25, 0.3) is 5.78 Å². The lowest BCUT2D eigenvalue weighted by Gasteiger charge is -2.22. The predicted octanol–water partition coefficient (Wildman–Crippen LogP) is 5.29. The van der Waals surface area contributed by atoms with Crippen molar-refractivity contribution in [3.63, 3.8) is 0 Å². The van der Waals surface area contributed by atoms with Crippen molar-refractivity contribution >= 4 is 17.4 Å². The van der Waals surface area contributed by atoms with Crippen LogP contribution in [0.1, 0.15) is 40.8 Å². The molecular formula is C24H22N4. The van der Waals surface area contributed by atoms with Crippen LogP contribution in [0.25, 0.3) is 28.7 Å². The fourth-order valence-electron chi connectivity index (χ4n) is 3.97. The van der Waals surface area contributed by atoms with Gasteiger partial charge in [0.2, 0.25) is 0 Å². The van der Waals surface area contributed by atoms with Crippen LogP contribution in [-0.2, 0) is 6.42 Å². The van der Waals surface area contributed by atoms with Gasteiger partial charge in [-0.15, -0.1) is 0 Å². The van der Waals surface area contributed by atoms with Crippen LogP contribution in [0.4, 0.5) is 0 Å². The molecule has 4 aromatic rings. The highest BCUT2D eigenvalue weighted by Crippen LogP contribution is 2.37. The summed E-state index contributed by atoms with van der Waals surface area (Å²) >= 11 is 0. The number of hydrogen-bond donors (Lipinski definition) is 0. The average molecular weight is 366 g/mol. The Bertz CT molecular complexity index is 1180. The van der Waals surface area contributed by atoms with Crippen LogP contribution in [0.5, 0.6) is 0 Å². The third-order valence-electron chi connectivity index (χ3n) is 5.45. The van der Waals surface area contributed by atoms with Crippen LogP contribution in [0.15, 0.2) is 54.9 Å². The van der Waals surface area contributed by atoms with E-state index in [0.717, 1.165) is 36.2 Å². The lowest BCUT2D eigenvalue weighted by atomic mass is 9.87. The van der Waals surface area contributed by atoms with E-state index in [9.17, 15) is 0 Å². The molecule has 0 unspecified atom stereocenters. The minimum Gasteiger partial charge on any atom is -0.211 e. The van der Waals surface area contributed by atoms with Crippen molar-refractivity contribution in [2.24, 2.45) is 0 Å². The number of fused-ring (bicyclic) bond motifs is 2. The van der Waals surface area contributed by atoms with Crippen LogP contribution in [0.3, 0.4) is 0 Å². The first-order valence-electron chi connectivity index (χ1n) is 9.76. The van der Waals surface area contributed by atoms with Crippen LogP contribution in [0, 0.1) is 13.8 Å². The lowest BCUT2D eigenvalue weighted by Crippen LogP contribution is -2.11. The molecule has 2 aromatic heterocycles. The second-order valence-corrected chi connectivity index (χ2v) is 7.56. The largest absolute Gasteiger partial charge is 0.253 e. The first-order chi connectivity index (χ1) is 13.7. The van der Waals surface area contributed by atoms with Crippen molar-refractivity contribution in [1.82, 2.24) is 19.6 Å². The molecule has 0 aliphatic heterocycles. The number of aromatic nitrogens is 4. The molecular weight excluding hydrogens is 344 g/mol. The number of aryl methyl sites for hydroxylation is 2. The van der Waals surface area contributed by atoms with Crippen LogP contribution in [0.2, 0.25) is 0 Å². The van der Waals surface area contributed by atoms with E-state index >= 15 is 0 Å². The minimum atomic E-state index is 0.658. The monoisotopic (exact) mass is 366 g/mol. The van der Waals surface area contributed by atoms with E-state index in [2.05, 4.69) is 78.5 Å². The van der Waals surface area contributed by atoms with Gasteiger partial charge < -0.3 is 0 Å². The first kappa shape index (κ1) is 16.9. The van der Waals surface area contributed by atoms with Gasteiger partial charge in [0.05, 0.1) is 11.4 Å². The Morgan fingerprint density at radius 2 is 1.61 bits per heavy atom. The molecule has 2 heterocycles. The number of benzene rings is 2. The first-order valence-corrected chi connectivity index (χ1v) is 9.76. The smallest absolute Gasteiger partial charge is 0.211 e. The highest BCUT2D eigenvalue weighted by atomic mass is 15.3. The molecule has 0 bridgehead atoms. The van der Waals surface area contributed by atoms with Crippen molar-refractivity contribution in [2.75, 3.05) is 0 Å². The number of rotatable bonds is 2. The molecule has 0 radical (unpaired) electrons. The molecule has 0 fully saturated rings. The predicted molar refractivity (Wildman–Crippen MR) is 113 cm³/mol. The highest BCUT2D eigenvalue weighted by molar-refractivity contribution is 5.85. The summed E-state index contributed by atoms with van der Waals surface area (Å²) < 4.78 is 1.89. The summed E-state index contributed by atoms with van der Waals surface area (Å²) in [7, 11) is 0. The number of allylic oxidation sites excluding steroid dienone is 1. The Morgan fingerprint density at radius 1 is 0.893 bits per heavy atom. The third-order valence-corrected chi connectivity index (χ3v) is 5.45. The Morgan fingerprint density at radius 3 is 2.36 bits per heavy atom. The zero-order chi connectivity index (χ0) is 19.1. The SMILES string of the molecule is Cc1ccc(C=C2CCCc3c2nc2ncnn2c3-c2ccc(C)cc2)cc1. The van der Waals surface area contributed by atoms with Crippen molar-refractivity contribution in [1.29, 1.82) is 0 Å². The lowest BCUT2D eigenvalue weighted by molar-refractivity contribution is 0.792. The van der Waals surface area contributed by atoms with Crippen molar-refractivity contribution < 1.29 is 0 Å². The molecule has 0 spiro atoms. The summed E-state index contributed by atoms with van der Waals surface area (Å²) in [5.74, 6) is 0.658. The molecule has 138 valence electrons. The zero-order valence-electron chi connectivity index (χ0n) is 16.2. The maximum atomic E-state index is 4.90. The molecule has 0 amide bonds. The highest BCUT2D eigenvalue weighted by Gasteiger charge is 2.23. The second-order valence-electron chi connectivity index (χ2n) is 7.56. The van der Waals surface area contributed by atoms with Gasteiger partial charge >= 0.3 is 0 Å². The summed E-state index contributed by atoms with van der Waals surface area (Å²) in [5.41, 5.74) is 9.65. The quantitative estimate of drug-likeness (QED) is 0.484. The van der Waals surface area contributed by atoms with Gasteiger partial charge in [-0.05, 0) is 50.3 Å². The van der Waals surface area contributed by atoms with Crippen LogP contribution in [-0.4, -0.2) is 19.6 Å². The fourth-order valence-corrected chi connectivity index (χ4v) is 3.97. The van der Waals surface area contributed by atoms with Gasteiger partial charge in [0, 0.05) is 11.1 Å². The van der Waals surface area contributed by atoms with E-state index in [1.54, 1.807) is 6.33 Å². The van der Waals surface area contributed by atoms with Gasteiger partial charge in [-0.3, -0.25) is 0 Å². The summed E-state index contributed by atoms with van der Waals surface area (Å²) in [5, 5.41) is 4.47. The number of nitrogens with zero attached hydrogens (tertiary/aromatic N) is 4. The normalized spacial score (nSPS) is 15.1. The van der Waals surface area contributed by atoms with Crippen molar-refractivity contribution in [3.05, 3.63) is 82.8 Å². The maximum Gasteiger partial charge on any atom is 0.253 e. The Balaban J connectivity index is 1.73. The summed E-state index contributed by atoms with van der Waals surface area (Å²) in [6.45, 7) is 4.23. The average Bonchev–Trinajstić information content (AvgIpc) is 3.17. The van der Waals surface area contributed by atoms with E-state index in [-0.39, 0.29) is 0 Å². The summed E-state index contributed by atoms with van der Waals surface area (Å²) in [4.78, 5) is 9.29. The van der Waals surface area contributed by atoms with Crippen LogP contribution >= 0.6 is 0 Å². The Kier molecular flexibility index (Phi) is 4.05. The topological polar surface area (TPSA) is 43.1 Å². The van der Waals surface area contributed by atoms with Gasteiger partial charge in [0.15, 0.2) is 0 Å². The van der Waals surface area contributed by atoms with E-state index in [0.29, 0.717) is 5.78 Å². The molecule has 0 N–H and O–H groups in total. The molecule has 4 nitrogen and oxygen atoms in total. The standard InChI is InChI=1S/C24H22N4/c1-16-6-10-18(11-7-16)14-20-4-3-5-21-22(20)27-24-25-15-26-28(24)23(21)19-12-8-17(2)9-13-19/h6-15H,3-5H2,1-2H3. The Hall–Kier alpha value is -3.27. The third kappa shape index (κ3) is 2.91. The van der Waals surface area contributed by atoms with Crippen molar-refractivity contribution in [3.8, 4) is 11.3 Å². The fraction of sp³-hybridized carbons (Fsp3) is 0.208. The summed E-state index contributed by atoms with van der Waals surface area (Å²) in [6.07, 6.45) is 7.02. The molecule has 0 atom stereocenters. The molecule has 0 saturated heterocycles. The van der Waals surface area contributed by atoms with E-state index < -0.39 is 0 Å². The number of hydrogen-bond acceptors (Lipinski definition) is 3. The van der Waals surface area contributed by atoms with Crippen LogP contribution < -0.4 is 0 Å². The minimum absolute atomic E-state index is 0.658. The van der Waals surface area contributed by atoms with Gasteiger partial charge in [-0.1, -0.05) is 59.7 Å². The summed E-state index contributed by atoms with van der Waals surface area (Å²) in [6, 6.07) is 17.3. The molecule has 28 heavy (non-hydrogen) atoms. The molecule has 5 rings (SSSR count). The molecule has 1 aliphatic carbocycles. The van der Waals surface area contributed by atoms with E-state index in [1.165, 1.54) is 27.8 Å². The molecule has 2 aromatic carbocycles. The zero-order valence-corrected chi connectivity index (χ0v) is 16.2. The maximum absolute atomic E-state index is 4.90. The molecule has 0 saturated carbocycles. The second kappa shape index (κ2) is 6.71. The van der Waals surface area contributed by atoms with Gasteiger partial charge in [0.1, 0.15) is 6.33 Å².